The van der Waals surface area contributed by atoms with E-state index in [4.69, 9.17) is 16.3 Å². The molecule has 176 valence electrons. The summed E-state index contributed by atoms with van der Waals surface area (Å²) in [7, 11) is -3.01. The molecule has 0 unspecified atom stereocenters. The number of amides is 1. The van der Waals surface area contributed by atoms with Gasteiger partial charge in [-0.2, -0.15) is 31.1 Å². The maximum absolute atomic E-state index is 12.9. The van der Waals surface area contributed by atoms with Gasteiger partial charge in [-0.25, -0.2) is 8.42 Å². The van der Waals surface area contributed by atoms with Crippen LogP contribution in [0.1, 0.15) is 18.1 Å². The number of hydrogen-bond donors (Lipinski definition) is 2. The van der Waals surface area contributed by atoms with E-state index in [1.807, 2.05) is 10.0 Å². The lowest BCUT2D eigenvalue weighted by Crippen LogP contribution is -2.41. The summed E-state index contributed by atoms with van der Waals surface area (Å²) in [4.78, 5) is 11.9. The summed E-state index contributed by atoms with van der Waals surface area (Å²) < 4.78 is 109. The minimum absolute atomic E-state index is 0.0453. The van der Waals surface area contributed by atoms with E-state index in [2.05, 4.69) is 0 Å². The number of sulfonamides is 1. The van der Waals surface area contributed by atoms with Crippen molar-refractivity contribution in [2.75, 3.05) is 12.4 Å². The molecule has 32 heavy (non-hydrogen) atoms. The van der Waals surface area contributed by atoms with Crippen LogP contribution in [0.4, 0.5) is 32.0 Å². The van der Waals surface area contributed by atoms with E-state index in [-0.39, 0.29) is 21.7 Å². The predicted octanol–water partition coefficient (Wildman–Crippen LogP) is 4.69. The molecule has 0 heterocycles. The number of benzene rings is 2. The van der Waals surface area contributed by atoms with Crippen LogP contribution in [0.15, 0.2) is 41.3 Å². The molecule has 0 aliphatic rings. The summed E-state index contributed by atoms with van der Waals surface area (Å²) in [6, 6.07) is 2.35. The smallest absolute Gasteiger partial charge is 0.416 e. The minimum atomic E-state index is -5.11. The predicted molar refractivity (Wildman–Crippen MR) is 103 cm³/mol. The van der Waals surface area contributed by atoms with Crippen LogP contribution < -0.4 is 14.8 Å². The molecule has 0 aromatic heterocycles. The molecule has 0 spiro atoms. The van der Waals surface area contributed by atoms with Gasteiger partial charge in [0.15, 0.2) is 0 Å². The normalized spacial score (nSPS) is 13.5. The number of ether oxygens (including phenoxy) is 1. The number of halogens is 7. The Morgan fingerprint density at radius 3 is 1.97 bits per heavy atom. The number of carbonyl (C=O) groups is 1. The van der Waals surface area contributed by atoms with Crippen molar-refractivity contribution in [1.82, 2.24) is 4.72 Å². The van der Waals surface area contributed by atoms with Crippen molar-refractivity contribution in [2.45, 2.75) is 30.2 Å². The summed E-state index contributed by atoms with van der Waals surface area (Å²) in [5, 5.41) is 1.81. The molecule has 1 amide bonds. The lowest BCUT2D eigenvalue weighted by molar-refractivity contribution is -0.143. The second-order valence-corrected chi connectivity index (χ2v) is 8.54. The van der Waals surface area contributed by atoms with Gasteiger partial charge in [0.25, 0.3) is 0 Å². The van der Waals surface area contributed by atoms with E-state index in [1.165, 1.54) is 13.2 Å². The van der Waals surface area contributed by atoms with Crippen LogP contribution in [0, 0.1) is 0 Å². The average Bonchev–Trinajstić information content (AvgIpc) is 2.65. The minimum Gasteiger partial charge on any atom is -0.495 e. The highest BCUT2D eigenvalue weighted by atomic mass is 35.5. The van der Waals surface area contributed by atoms with Gasteiger partial charge in [-0.3, -0.25) is 4.79 Å². The topological polar surface area (TPSA) is 84.5 Å². The molecule has 0 aliphatic heterocycles. The number of alkyl halides is 6. The Bertz CT molecular complexity index is 1090. The second-order valence-electron chi connectivity index (χ2n) is 6.42. The third-order valence-electron chi connectivity index (χ3n) is 4.01. The molecule has 0 aliphatic carbocycles. The summed E-state index contributed by atoms with van der Waals surface area (Å²) in [6.45, 7) is 1.05. The maximum Gasteiger partial charge on any atom is 0.416 e. The molecule has 14 heteroatoms. The van der Waals surface area contributed by atoms with E-state index in [0.717, 1.165) is 19.1 Å². The summed E-state index contributed by atoms with van der Waals surface area (Å²) in [6.07, 6.45) is -10.2. The lowest BCUT2D eigenvalue weighted by Gasteiger charge is -2.17. The third-order valence-corrected chi connectivity index (χ3v) is 5.85. The SMILES string of the molecule is COc1ccc(S(=O)(=O)N[C@@H](C)C(=O)Nc2cc(C(F)(F)F)cc(C(F)(F)F)c2)cc1Cl. The van der Waals surface area contributed by atoms with Gasteiger partial charge in [0.2, 0.25) is 15.9 Å². The Balaban J connectivity index is 2.26. The fourth-order valence-electron chi connectivity index (χ4n) is 2.45. The molecule has 0 saturated carbocycles. The van der Waals surface area contributed by atoms with Crippen molar-refractivity contribution in [3.05, 3.63) is 52.5 Å². The number of hydrogen-bond acceptors (Lipinski definition) is 4. The largest absolute Gasteiger partial charge is 0.495 e. The van der Waals surface area contributed by atoms with Crippen LogP contribution in [-0.4, -0.2) is 27.5 Å². The molecule has 2 rings (SSSR count). The Morgan fingerprint density at radius 1 is 1.00 bits per heavy atom. The molecule has 6 nitrogen and oxygen atoms in total. The van der Waals surface area contributed by atoms with E-state index >= 15 is 0 Å². The Labute approximate surface area is 183 Å². The van der Waals surface area contributed by atoms with Crippen LogP contribution in [0.25, 0.3) is 0 Å². The van der Waals surface area contributed by atoms with Crippen LogP contribution in [-0.2, 0) is 27.2 Å². The monoisotopic (exact) mass is 504 g/mol. The van der Waals surface area contributed by atoms with Crippen molar-refractivity contribution in [2.24, 2.45) is 0 Å². The van der Waals surface area contributed by atoms with E-state index < -0.39 is 51.1 Å². The number of nitrogens with one attached hydrogen (secondary N) is 2. The molecule has 0 fully saturated rings. The van der Waals surface area contributed by atoms with Crippen molar-refractivity contribution >= 4 is 33.2 Å². The molecular weight excluding hydrogens is 490 g/mol. The number of carbonyl (C=O) groups excluding carboxylic acids is 1. The Hall–Kier alpha value is -2.51. The average molecular weight is 505 g/mol. The Morgan fingerprint density at radius 2 is 1.53 bits per heavy atom. The first-order chi connectivity index (χ1) is 14.5. The third kappa shape index (κ3) is 6.26. The molecule has 0 saturated heterocycles. The number of methoxy groups -OCH3 is 1. The van der Waals surface area contributed by atoms with Gasteiger partial charge in [-0.15, -0.1) is 0 Å². The molecular formula is C18H15ClF6N2O4S. The van der Waals surface area contributed by atoms with E-state index in [9.17, 15) is 39.6 Å². The first kappa shape index (κ1) is 25.7. The van der Waals surface area contributed by atoms with Gasteiger partial charge < -0.3 is 10.1 Å². The molecule has 2 aromatic rings. The first-order valence-corrected chi connectivity index (χ1v) is 10.4. The van der Waals surface area contributed by atoms with Gasteiger partial charge in [-0.05, 0) is 43.3 Å². The van der Waals surface area contributed by atoms with Crippen LogP contribution in [0.3, 0.4) is 0 Å². The highest BCUT2D eigenvalue weighted by molar-refractivity contribution is 7.89. The van der Waals surface area contributed by atoms with E-state index in [1.54, 1.807) is 0 Å². The van der Waals surface area contributed by atoms with Gasteiger partial charge in [0.05, 0.1) is 34.2 Å². The highest BCUT2D eigenvalue weighted by Crippen LogP contribution is 2.37. The maximum atomic E-state index is 12.9. The molecule has 0 radical (unpaired) electrons. The van der Waals surface area contributed by atoms with Crippen molar-refractivity contribution in [1.29, 1.82) is 0 Å². The lowest BCUT2D eigenvalue weighted by atomic mass is 10.1. The fraction of sp³-hybridized carbons (Fsp3) is 0.278. The van der Waals surface area contributed by atoms with Crippen molar-refractivity contribution in [3.8, 4) is 5.75 Å². The van der Waals surface area contributed by atoms with Crippen LogP contribution in [0.2, 0.25) is 5.02 Å². The summed E-state index contributed by atoms with van der Waals surface area (Å²) in [5.74, 6) is -1.01. The quantitative estimate of drug-likeness (QED) is 0.559. The van der Waals surface area contributed by atoms with Crippen molar-refractivity contribution < 1.29 is 44.3 Å². The fourth-order valence-corrected chi connectivity index (χ4v) is 4.00. The number of rotatable bonds is 6. The first-order valence-electron chi connectivity index (χ1n) is 8.51. The molecule has 2 N–H and O–H groups in total. The van der Waals surface area contributed by atoms with Gasteiger partial charge in [-0.1, -0.05) is 11.6 Å². The van der Waals surface area contributed by atoms with Crippen molar-refractivity contribution in [3.63, 3.8) is 0 Å². The standard InChI is InChI=1S/C18H15ClF6N2O4S/c1-9(27-32(29,30)13-3-4-15(31-2)14(19)8-13)16(28)26-12-6-10(17(20,21)22)5-11(7-12)18(23,24)25/h3-9,27H,1-2H3,(H,26,28)/t9-/m0/s1. The highest BCUT2D eigenvalue weighted by Gasteiger charge is 2.37. The number of anilines is 1. The van der Waals surface area contributed by atoms with Crippen LogP contribution in [0.5, 0.6) is 5.75 Å². The van der Waals surface area contributed by atoms with Crippen LogP contribution >= 0.6 is 11.6 Å². The Kier molecular flexibility index (Phi) is 7.37. The van der Waals surface area contributed by atoms with Gasteiger partial charge in [0.1, 0.15) is 5.75 Å². The second kappa shape index (κ2) is 9.16. The molecule has 0 bridgehead atoms. The summed E-state index contributed by atoms with van der Waals surface area (Å²) >= 11 is 5.86. The van der Waals surface area contributed by atoms with Gasteiger partial charge >= 0.3 is 12.4 Å². The zero-order valence-corrected chi connectivity index (χ0v) is 17.8. The van der Waals surface area contributed by atoms with Gasteiger partial charge in [0, 0.05) is 5.69 Å². The summed E-state index contributed by atoms with van der Waals surface area (Å²) in [5.41, 5.74) is -4.08. The van der Waals surface area contributed by atoms with E-state index in [0.29, 0.717) is 12.1 Å². The molecule has 1 atom stereocenters. The zero-order chi connectivity index (χ0) is 24.5. The molecule has 2 aromatic carbocycles. The zero-order valence-electron chi connectivity index (χ0n) is 16.2.